The van der Waals surface area contributed by atoms with E-state index in [1.807, 2.05) is 6.07 Å². The summed E-state index contributed by atoms with van der Waals surface area (Å²) in [5.41, 5.74) is 6.60. The molecule has 0 radical (unpaired) electrons. The summed E-state index contributed by atoms with van der Waals surface area (Å²) < 4.78 is 30.5. The van der Waals surface area contributed by atoms with Gasteiger partial charge in [-0.2, -0.15) is 0 Å². The lowest BCUT2D eigenvalue weighted by molar-refractivity contribution is 0.115. The summed E-state index contributed by atoms with van der Waals surface area (Å²) in [6.45, 7) is -0.0817. The Kier molecular flexibility index (Phi) is 3.28. The second-order valence-electron chi connectivity index (χ2n) is 3.85. The van der Waals surface area contributed by atoms with Crippen LogP contribution in [-0.4, -0.2) is 25.1 Å². The maximum atomic E-state index is 12.7. The number of alkyl halides is 2. The highest BCUT2D eigenvalue weighted by atomic mass is 19.3. The lowest BCUT2D eigenvalue weighted by Gasteiger charge is -2.10. The van der Waals surface area contributed by atoms with E-state index in [2.05, 4.69) is 4.98 Å². The Balaban J connectivity index is 2.43. The van der Waals surface area contributed by atoms with Crippen LogP contribution in [-0.2, 0) is 0 Å². The van der Waals surface area contributed by atoms with E-state index < -0.39 is 12.3 Å². The van der Waals surface area contributed by atoms with Gasteiger partial charge < -0.3 is 15.5 Å². The number of hydrogen-bond donors (Lipinski definition) is 2. The quantitative estimate of drug-likeness (QED) is 0.862. The minimum Gasteiger partial charge on any atom is -0.497 e. The first-order valence-corrected chi connectivity index (χ1v) is 5.30. The van der Waals surface area contributed by atoms with Gasteiger partial charge in [0.05, 0.1) is 13.0 Å². The van der Waals surface area contributed by atoms with E-state index in [-0.39, 0.29) is 6.54 Å². The van der Waals surface area contributed by atoms with Crippen LogP contribution in [0.1, 0.15) is 11.6 Å². The van der Waals surface area contributed by atoms with Crippen LogP contribution in [0.5, 0.6) is 5.75 Å². The fourth-order valence-electron chi connectivity index (χ4n) is 1.82. The average molecular weight is 240 g/mol. The molecule has 1 heterocycles. The SMILES string of the molecule is COc1ccc2cc(C(CN)C(F)F)[nH]c2c1. The molecule has 92 valence electrons. The molecule has 0 saturated heterocycles. The molecule has 0 aliphatic carbocycles. The van der Waals surface area contributed by atoms with Crippen LogP contribution in [0.15, 0.2) is 24.3 Å². The van der Waals surface area contributed by atoms with Crippen LogP contribution < -0.4 is 10.5 Å². The molecule has 0 amide bonds. The van der Waals surface area contributed by atoms with Crippen LogP contribution in [0, 0.1) is 0 Å². The average Bonchev–Trinajstić information content (AvgIpc) is 2.71. The van der Waals surface area contributed by atoms with E-state index in [9.17, 15) is 8.78 Å². The topological polar surface area (TPSA) is 51.0 Å². The molecule has 0 spiro atoms. The Labute approximate surface area is 97.6 Å². The number of fused-ring (bicyclic) bond motifs is 1. The number of halogens is 2. The van der Waals surface area contributed by atoms with Crippen molar-refractivity contribution in [3.63, 3.8) is 0 Å². The van der Waals surface area contributed by atoms with Gasteiger partial charge >= 0.3 is 0 Å². The number of ether oxygens (including phenoxy) is 1. The van der Waals surface area contributed by atoms with Gasteiger partial charge in [-0.1, -0.05) is 0 Å². The van der Waals surface area contributed by atoms with Crippen LogP contribution in [0.25, 0.3) is 10.9 Å². The molecule has 17 heavy (non-hydrogen) atoms. The number of hydrogen-bond acceptors (Lipinski definition) is 2. The van der Waals surface area contributed by atoms with Gasteiger partial charge in [-0.3, -0.25) is 0 Å². The van der Waals surface area contributed by atoms with Gasteiger partial charge in [0.15, 0.2) is 0 Å². The second kappa shape index (κ2) is 4.71. The molecule has 0 saturated carbocycles. The van der Waals surface area contributed by atoms with E-state index in [0.717, 1.165) is 10.9 Å². The van der Waals surface area contributed by atoms with Crippen LogP contribution in [0.4, 0.5) is 8.78 Å². The minimum absolute atomic E-state index is 0.0817. The van der Waals surface area contributed by atoms with Crippen molar-refractivity contribution in [3.8, 4) is 5.75 Å². The van der Waals surface area contributed by atoms with E-state index in [0.29, 0.717) is 11.4 Å². The molecule has 3 nitrogen and oxygen atoms in total. The predicted molar refractivity (Wildman–Crippen MR) is 62.7 cm³/mol. The normalized spacial score (nSPS) is 13.2. The van der Waals surface area contributed by atoms with Crippen molar-refractivity contribution < 1.29 is 13.5 Å². The predicted octanol–water partition coefficient (Wildman–Crippen LogP) is 2.48. The van der Waals surface area contributed by atoms with Crippen molar-refractivity contribution in [2.45, 2.75) is 12.3 Å². The summed E-state index contributed by atoms with van der Waals surface area (Å²) in [4.78, 5) is 2.96. The summed E-state index contributed by atoms with van der Waals surface area (Å²) in [6, 6.07) is 7.10. The van der Waals surface area contributed by atoms with Gasteiger partial charge in [-0.25, -0.2) is 8.78 Å². The Bertz CT molecular complexity index is 510. The maximum Gasteiger partial charge on any atom is 0.248 e. The summed E-state index contributed by atoms with van der Waals surface area (Å²) in [5, 5.41) is 0.875. The Morgan fingerprint density at radius 2 is 2.12 bits per heavy atom. The fourth-order valence-corrected chi connectivity index (χ4v) is 1.82. The summed E-state index contributed by atoms with van der Waals surface area (Å²) in [6.07, 6.45) is -2.46. The third-order valence-corrected chi connectivity index (χ3v) is 2.81. The fraction of sp³-hybridized carbons (Fsp3) is 0.333. The monoisotopic (exact) mass is 240 g/mol. The van der Waals surface area contributed by atoms with E-state index in [1.54, 1.807) is 25.3 Å². The van der Waals surface area contributed by atoms with Crippen molar-refractivity contribution in [2.75, 3.05) is 13.7 Å². The third-order valence-electron chi connectivity index (χ3n) is 2.81. The highest BCUT2D eigenvalue weighted by Crippen LogP contribution is 2.27. The largest absolute Gasteiger partial charge is 0.497 e. The number of rotatable bonds is 4. The second-order valence-corrected chi connectivity index (χ2v) is 3.85. The van der Waals surface area contributed by atoms with Crippen molar-refractivity contribution in [1.82, 2.24) is 4.98 Å². The molecule has 0 aliphatic rings. The number of methoxy groups -OCH3 is 1. The van der Waals surface area contributed by atoms with E-state index in [1.165, 1.54) is 0 Å². The molecule has 1 unspecified atom stereocenters. The lowest BCUT2D eigenvalue weighted by atomic mass is 10.1. The summed E-state index contributed by atoms with van der Waals surface area (Å²) >= 11 is 0. The van der Waals surface area contributed by atoms with Gasteiger partial charge in [0.25, 0.3) is 0 Å². The molecule has 0 fully saturated rings. The zero-order valence-corrected chi connectivity index (χ0v) is 9.41. The van der Waals surface area contributed by atoms with Crippen molar-refractivity contribution >= 4 is 10.9 Å². The maximum absolute atomic E-state index is 12.7. The molecular weight excluding hydrogens is 226 g/mol. The van der Waals surface area contributed by atoms with Crippen LogP contribution in [0.2, 0.25) is 0 Å². The molecule has 0 aliphatic heterocycles. The van der Waals surface area contributed by atoms with E-state index in [4.69, 9.17) is 10.5 Å². The number of nitrogens with two attached hydrogens (primary N) is 1. The van der Waals surface area contributed by atoms with Crippen molar-refractivity contribution in [3.05, 3.63) is 30.0 Å². The highest BCUT2D eigenvalue weighted by molar-refractivity contribution is 5.82. The highest BCUT2D eigenvalue weighted by Gasteiger charge is 2.22. The summed E-state index contributed by atoms with van der Waals surface area (Å²) in [7, 11) is 1.56. The van der Waals surface area contributed by atoms with Crippen LogP contribution in [0.3, 0.4) is 0 Å². The summed E-state index contributed by atoms with van der Waals surface area (Å²) in [5.74, 6) is -0.263. The molecular formula is C12H14F2N2O. The molecule has 2 rings (SSSR count). The molecule has 5 heteroatoms. The van der Waals surface area contributed by atoms with E-state index >= 15 is 0 Å². The zero-order valence-electron chi connectivity index (χ0n) is 9.41. The Morgan fingerprint density at radius 1 is 1.35 bits per heavy atom. The van der Waals surface area contributed by atoms with Gasteiger partial charge in [0.2, 0.25) is 6.43 Å². The third kappa shape index (κ3) is 2.24. The number of nitrogens with one attached hydrogen (secondary N) is 1. The van der Waals surface area contributed by atoms with Gasteiger partial charge in [-0.05, 0) is 23.6 Å². The molecule has 0 bridgehead atoms. The van der Waals surface area contributed by atoms with Crippen molar-refractivity contribution in [2.24, 2.45) is 5.73 Å². The standard InChI is InChI=1S/C12H14F2N2O/c1-17-8-3-2-7-4-11(16-10(7)5-8)9(6-15)12(13)14/h2-5,9,12,16H,6,15H2,1H3. The minimum atomic E-state index is -2.46. The van der Waals surface area contributed by atoms with Crippen molar-refractivity contribution in [1.29, 1.82) is 0 Å². The van der Waals surface area contributed by atoms with Gasteiger partial charge in [0.1, 0.15) is 5.75 Å². The molecule has 1 atom stereocenters. The molecule has 2 aromatic rings. The zero-order chi connectivity index (χ0) is 12.4. The number of aromatic nitrogens is 1. The lowest BCUT2D eigenvalue weighted by Crippen LogP contribution is -2.19. The first-order chi connectivity index (χ1) is 8.15. The van der Waals surface area contributed by atoms with Gasteiger partial charge in [0, 0.05) is 23.8 Å². The smallest absolute Gasteiger partial charge is 0.248 e. The number of benzene rings is 1. The molecule has 1 aromatic heterocycles. The van der Waals surface area contributed by atoms with Crippen LogP contribution >= 0.6 is 0 Å². The first kappa shape index (κ1) is 11.9. The Morgan fingerprint density at radius 3 is 2.71 bits per heavy atom. The molecule has 1 aromatic carbocycles. The first-order valence-electron chi connectivity index (χ1n) is 5.30. The van der Waals surface area contributed by atoms with Gasteiger partial charge in [-0.15, -0.1) is 0 Å². The Hall–Kier alpha value is -1.62. The number of H-pyrrole nitrogens is 1. The molecule has 3 N–H and O–H groups in total. The number of aromatic amines is 1.